The monoisotopic (exact) mass is 329 g/mol. The van der Waals surface area contributed by atoms with E-state index in [4.69, 9.17) is 27.9 Å². The summed E-state index contributed by atoms with van der Waals surface area (Å²) in [7, 11) is 0. The largest absolute Gasteiger partial charge is 0.448 e. The lowest BCUT2D eigenvalue weighted by atomic mass is 9.93. The molecule has 1 aliphatic rings. The normalized spacial score (nSPS) is 16.0. The van der Waals surface area contributed by atoms with E-state index in [1.54, 1.807) is 23.1 Å². The standard InChI is InChI=1S/C15H17Cl2NO3/c1-2-3-11(9-18-6-7-21-15(18)20)14(19)10-4-5-12(16)13(17)8-10/h4-5,8,11H,2-3,6-7,9H2,1H3. The second-order valence-electron chi connectivity index (χ2n) is 5.04. The second-order valence-corrected chi connectivity index (χ2v) is 5.85. The van der Waals surface area contributed by atoms with Crippen LogP contribution in [-0.4, -0.2) is 36.5 Å². The van der Waals surface area contributed by atoms with Gasteiger partial charge in [0.15, 0.2) is 5.78 Å². The van der Waals surface area contributed by atoms with E-state index in [9.17, 15) is 9.59 Å². The Kier molecular flexibility index (Phi) is 5.48. The van der Waals surface area contributed by atoms with Crippen molar-refractivity contribution in [2.24, 2.45) is 5.92 Å². The molecule has 21 heavy (non-hydrogen) atoms. The van der Waals surface area contributed by atoms with E-state index in [1.165, 1.54) is 0 Å². The molecule has 0 N–H and O–H groups in total. The first-order chi connectivity index (χ1) is 10.0. The molecule has 0 aromatic heterocycles. The highest BCUT2D eigenvalue weighted by atomic mass is 35.5. The van der Waals surface area contributed by atoms with Crippen molar-refractivity contribution in [1.82, 2.24) is 4.90 Å². The van der Waals surface area contributed by atoms with Gasteiger partial charge in [0.2, 0.25) is 0 Å². The number of nitrogens with zero attached hydrogens (tertiary/aromatic N) is 1. The molecule has 1 aromatic carbocycles. The molecule has 1 unspecified atom stereocenters. The Morgan fingerprint density at radius 3 is 2.71 bits per heavy atom. The van der Waals surface area contributed by atoms with Gasteiger partial charge in [-0.05, 0) is 24.6 Å². The number of hydrogen-bond donors (Lipinski definition) is 0. The molecular weight excluding hydrogens is 313 g/mol. The van der Waals surface area contributed by atoms with E-state index in [0.29, 0.717) is 41.7 Å². The molecule has 1 aliphatic heterocycles. The highest BCUT2D eigenvalue weighted by molar-refractivity contribution is 6.42. The first-order valence-corrected chi connectivity index (χ1v) is 7.69. The summed E-state index contributed by atoms with van der Waals surface area (Å²) >= 11 is 11.8. The number of halogens is 2. The van der Waals surface area contributed by atoms with Crippen LogP contribution in [0.3, 0.4) is 0 Å². The van der Waals surface area contributed by atoms with Crippen molar-refractivity contribution in [2.45, 2.75) is 19.8 Å². The van der Waals surface area contributed by atoms with Crippen molar-refractivity contribution in [3.05, 3.63) is 33.8 Å². The van der Waals surface area contributed by atoms with Crippen molar-refractivity contribution in [1.29, 1.82) is 0 Å². The van der Waals surface area contributed by atoms with Crippen molar-refractivity contribution in [3.8, 4) is 0 Å². The number of hydrogen-bond acceptors (Lipinski definition) is 3. The molecule has 1 fully saturated rings. The number of carbonyl (C=O) groups is 2. The maximum atomic E-state index is 12.6. The van der Waals surface area contributed by atoms with Gasteiger partial charge in [-0.3, -0.25) is 4.79 Å². The van der Waals surface area contributed by atoms with Gasteiger partial charge >= 0.3 is 6.09 Å². The van der Waals surface area contributed by atoms with Crippen LogP contribution in [0, 0.1) is 5.92 Å². The third kappa shape index (κ3) is 3.89. The van der Waals surface area contributed by atoms with E-state index in [2.05, 4.69) is 0 Å². The van der Waals surface area contributed by atoms with Gasteiger partial charge in [-0.1, -0.05) is 36.5 Å². The minimum Gasteiger partial charge on any atom is -0.448 e. The van der Waals surface area contributed by atoms with Gasteiger partial charge in [0.25, 0.3) is 0 Å². The highest BCUT2D eigenvalue weighted by Crippen LogP contribution is 2.25. The maximum Gasteiger partial charge on any atom is 0.409 e. The van der Waals surface area contributed by atoms with E-state index in [-0.39, 0.29) is 17.8 Å². The second kappa shape index (κ2) is 7.14. The number of ether oxygens (including phenoxy) is 1. The fraction of sp³-hybridized carbons (Fsp3) is 0.467. The Morgan fingerprint density at radius 1 is 1.38 bits per heavy atom. The first kappa shape index (κ1) is 16.1. The summed E-state index contributed by atoms with van der Waals surface area (Å²) in [4.78, 5) is 25.7. The molecule has 0 radical (unpaired) electrons. The lowest BCUT2D eigenvalue weighted by Gasteiger charge is -2.21. The van der Waals surface area contributed by atoms with E-state index < -0.39 is 0 Å². The summed E-state index contributed by atoms with van der Waals surface area (Å²) in [6.45, 7) is 3.31. The zero-order valence-electron chi connectivity index (χ0n) is 11.8. The number of carbonyl (C=O) groups excluding carboxylic acids is 2. The van der Waals surface area contributed by atoms with Gasteiger partial charge in [-0.25, -0.2) is 4.79 Å². The van der Waals surface area contributed by atoms with Crippen molar-refractivity contribution < 1.29 is 14.3 Å². The summed E-state index contributed by atoms with van der Waals surface area (Å²) < 4.78 is 4.90. The number of Topliss-reactive ketones (excluding diaryl/α,β-unsaturated/α-hetero) is 1. The van der Waals surface area contributed by atoms with Crippen LogP contribution in [0.2, 0.25) is 10.0 Å². The van der Waals surface area contributed by atoms with Gasteiger partial charge < -0.3 is 9.64 Å². The molecule has 0 spiro atoms. The Morgan fingerprint density at radius 2 is 2.14 bits per heavy atom. The Hall–Kier alpha value is -1.26. The minimum atomic E-state index is -0.349. The summed E-state index contributed by atoms with van der Waals surface area (Å²) in [5, 5.41) is 0.779. The fourth-order valence-electron chi connectivity index (χ4n) is 2.40. The summed E-state index contributed by atoms with van der Waals surface area (Å²) in [5.41, 5.74) is 0.524. The first-order valence-electron chi connectivity index (χ1n) is 6.94. The number of ketones is 1. The van der Waals surface area contributed by atoms with Crippen molar-refractivity contribution in [3.63, 3.8) is 0 Å². The molecule has 1 atom stereocenters. The van der Waals surface area contributed by atoms with Crippen LogP contribution in [0.15, 0.2) is 18.2 Å². The van der Waals surface area contributed by atoms with Gasteiger partial charge in [0, 0.05) is 18.0 Å². The summed E-state index contributed by atoms with van der Waals surface area (Å²) in [5.74, 6) is -0.270. The molecule has 1 aromatic rings. The average Bonchev–Trinajstić information content (AvgIpc) is 2.86. The number of cyclic esters (lactones) is 1. The molecule has 0 aliphatic carbocycles. The van der Waals surface area contributed by atoms with E-state index in [0.717, 1.165) is 6.42 Å². The molecule has 114 valence electrons. The average molecular weight is 330 g/mol. The Bertz CT molecular complexity index is 548. The molecule has 1 amide bonds. The van der Waals surface area contributed by atoms with Crippen LogP contribution in [0.25, 0.3) is 0 Å². The van der Waals surface area contributed by atoms with Crippen LogP contribution < -0.4 is 0 Å². The highest BCUT2D eigenvalue weighted by Gasteiger charge is 2.28. The number of benzene rings is 1. The molecule has 1 saturated heterocycles. The predicted octanol–water partition coefficient (Wildman–Crippen LogP) is 4.04. The number of amides is 1. The lowest BCUT2D eigenvalue weighted by Crippen LogP contribution is -2.34. The summed E-state index contributed by atoms with van der Waals surface area (Å²) in [6.07, 6.45) is 1.22. The molecule has 2 rings (SSSR count). The fourth-order valence-corrected chi connectivity index (χ4v) is 2.69. The van der Waals surface area contributed by atoms with Crippen LogP contribution >= 0.6 is 23.2 Å². The number of rotatable bonds is 6. The van der Waals surface area contributed by atoms with Crippen LogP contribution in [0.5, 0.6) is 0 Å². The predicted molar refractivity (Wildman–Crippen MR) is 82.1 cm³/mol. The molecule has 0 saturated carbocycles. The molecule has 6 heteroatoms. The molecular formula is C15H17Cl2NO3. The molecule has 0 bridgehead atoms. The quantitative estimate of drug-likeness (QED) is 0.740. The van der Waals surface area contributed by atoms with Crippen LogP contribution in [-0.2, 0) is 4.74 Å². The van der Waals surface area contributed by atoms with Crippen molar-refractivity contribution in [2.75, 3.05) is 19.7 Å². The lowest BCUT2D eigenvalue weighted by molar-refractivity contribution is 0.0885. The van der Waals surface area contributed by atoms with Crippen molar-refractivity contribution >= 4 is 35.1 Å². The third-order valence-electron chi connectivity index (χ3n) is 3.50. The maximum absolute atomic E-state index is 12.6. The van der Waals surface area contributed by atoms with E-state index >= 15 is 0 Å². The zero-order valence-corrected chi connectivity index (χ0v) is 13.3. The third-order valence-corrected chi connectivity index (χ3v) is 4.24. The van der Waals surface area contributed by atoms with Crippen LogP contribution in [0.1, 0.15) is 30.1 Å². The topological polar surface area (TPSA) is 46.6 Å². The minimum absolute atomic E-state index is 0.0184. The van der Waals surface area contributed by atoms with Gasteiger partial charge in [0.05, 0.1) is 16.6 Å². The Balaban J connectivity index is 2.14. The molecule has 1 heterocycles. The zero-order chi connectivity index (χ0) is 15.4. The van der Waals surface area contributed by atoms with Crippen LogP contribution in [0.4, 0.5) is 4.79 Å². The SMILES string of the molecule is CCCC(CN1CCOC1=O)C(=O)c1ccc(Cl)c(Cl)c1. The molecule has 4 nitrogen and oxygen atoms in total. The van der Waals surface area contributed by atoms with Gasteiger partial charge in [-0.15, -0.1) is 0 Å². The van der Waals surface area contributed by atoms with E-state index in [1.807, 2.05) is 6.92 Å². The van der Waals surface area contributed by atoms with Gasteiger partial charge in [0.1, 0.15) is 6.61 Å². The van der Waals surface area contributed by atoms with Gasteiger partial charge in [-0.2, -0.15) is 0 Å². The Labute approximate surface area is 134 Å². The summed E-state index contributed by atoms with van der Waals surface area (Å²) in [6, 6.07) is 4.86. The smallest absolute Gasteiger partial charge is 0.409 e.